The number of carbonyl (C=O) groups excluding carboxylic acids is 1. The Bertz CT molecular complexity index is 1090. The number of aryl methyl sites for hydroxylation is 1. The van der Waals surface area contributed by atoms with Crippen molar-refractivity contribution in [2.75, 3.05) is 19.7 Å². The second-order valence-corrected chi connectivity index (χ2v) is 10.5. The summed E-state index contributed by atoms with van der Waals surface area (Å²) in [6.45, 7) is 5.43. The molecule has 2 aromatic rings. The van der Waals surface area contributed by atoms with Crippen molar-refractivity contribution in [1.82, 2.24) is 9.21 Å². The average Bonchev–Trinajstić information content (AvgIpc) is 3.19. The Labute approximate surface area is 188 Å². The summed E-state index contributed by atoms with van der Waals surface area (Å²) in [5.74, 6) is 0.891. The quantitative estimate of drug-likeness (QED) is 0.678. The predicted octanol–water partition coefficient (Wildman–Crippen LogP) is 3.79. The monoisotopic (exact) mass is 462 g/mol. The van der Waals surface area contributed by atoms with Crippen LogP contribution in [0.5, 0.6) is 5.75 Å². The summed E-state index contributed by atoms with van der Waals surface area (Å²) in [7, 11) is -3.83. The first-order valence-electron chi connectivity index (χ1n) is 10.5. The number of fused-ring (bicyclic) bond motifs is 1. The summed E-state index contributed by atoms with van der Waals surface area (Å²) < 4.78 is 34.7. The third kappa shape index (κ3) is 4.59. The fourth-order valence-electron chi connectivity index (χ4n) is 4.34. The smallest absolute Gasteiger partial charge is 0.245 e. The molecule has 4 rings (SSSR count). The molecule has 2 aliphatic heterocycles. The molecular weight excluding hydrogens is 436 g/mol. The van der Waals surface area contributed by atoms with Crippen LogP contribution >= 0.6 is 11.6 Å². The molecule has 1 fully saturated rings. The fourth-order valence-corrected chi connectivity index (χ4v) is 6.59. The van der Waals surface area contributed by atoms with Crippen LogP contribution in [0, 0.1) is 6.92 Å². The van der Waals surface area contributed by atoms with Gasteiger partial charge in [-0.3, -0.25) is 4.79 Å². The fraction of sp³-hybridized carbons (Fsp3) is 0.435. The summed E-state index contributed by atoms with van der Waals surface area (Å²) in [6.07, 6.45) is 2.02. The van der Waals surface area contributed by atoms with Gasteiger partial charge in [-0.25, -0.2) is 8.42 Å². The highest BCUT2D eigenvalue weighted by molar-refractivity contribution is 7.89. The number of halogens is 1. The Kier molecular flexibility index (Phi) is 6.28. The second kappa shape index (κ2) is 8.81. The highest BCUT2D eigenvalue weighted by atomic mass is 35.5. The van der Waals surface area contributed by atoms with Gasteiger partial charge in [0.25, 0.3) is 0 Å². The van der Waals surface area contributed by atoms with Gasteiger partial charge in [0.1, 0.15) is 10.6 Å². The molecule has 2 aliphatic rings. The van der Waals surface area contributed by atoms with Crippen molar-refractivity contribution in [3.8, 4) is 5.75 Å². The summed E-state index contributed by atoms with van der Waals surface area (Å²) in [6, 6.07) is 10.7. The lowest BCUT2D eigenvalue weighted by molar-refractivity contribution is -0.130. The molecule has 0 N–H and O–H groups in total. The maximum Gasteiger partial charge on any atom is 0.245 e. The number of likely N-dealkylation sites (tertiary alicyclic amines) is 1. The third-order valence-corrected chi connectivity index (χ3v) is 8.46. The normalized spacial score (nSPS) is 17.0. The predicted molar refractivity (Wildman–Crippen MR) is 120 cm³/mol. The molecule has 0 aromatic heterocycles. The van der Waals surface area contributed by atoms with Gasteiger partial charge in [0.2, 0.25) is 15.9 Å². The topological polar surface area (TPSA) is 66.9 Å². The SMILES string of the molecule is CC(=O)N1CCC(N(Cc2ccc3c(c2)CCO3)S(=O)(=O)c2ccc(C)cc2Cl)CC1. The van der Waals surface area contributed by atoms with E-state index in [1.807, 2.05) is 25.1 Å². The number of amides is 1. The zero-order chi connectivity index (χ0) is 22.2. The lowest BCUT2D eigenvalue weighted by Crippen LogP contribution is -2.48. The number of benzene rings is 2. The molecule has 1 amide bonds. The molecule has 0 unspecified atom stereocenters. The minimum atomic E-state index is -3.83. The molecule has 2 heterocycles. The summed E-state index contributed by atoms with van der Waals surface area (Å²) >= 11 is 6.37. The number of rotatable bonds is 5. The van der Waals surface area contributed by atoms with Crippen LogP contribution in [0.1, 0.15) is 36.5 Å². The van der Waals surface area contributed by atoms with Crippen molar-refractivity contribution in [3.63, 3.8) is 0 Å². The van der Waals surface area contributed by atoms with Gasteiger partial charge < -0.3 is 9.64 Å². The molecule has 2 aromatic carbocycles. The van der Waals surface area contributed by atoms with Gasteiger partial charge in [-0.15, -0.1) is 0 Å². The van der Waals surface area contributed by atoms with Crippen molar-refractivity contribution < 1.29 is 17.9 Å². The van der Waals surface area contributed by atoms with Gasteiger partial charge in [0, 0.05) is 39.0 Å². The van der Waals surface area contributed by atoms with Gasteiger partial charge >= 0.3 is 0 Å². The maximum absolute atomic E-state index is 13.8. The van der Waals surface area contributed by atoms with E-state index in [-0.39, 0.29) is 28.4 Å². The number of hydrogen-bond acceptors (Lipinski definition) is 4. The summed E-state index contributed by atoms with van der Waals surface area (Å²) in [5, 5.41) is 0.230. The van der Waals surface area contributed by atoms with Gasteiger partial charge in [-0.1, -0.05) is 29.8 Å². The average molecular weight is 463 g/mol. The Balaban J connectivity index is 1.67. The highest BCUT2D eigenvalue weighted by Gasteiger charge is 2.35. The number of carbonyl (C=O) groups is 1. The molecule has 0 spiro atoms. The van der Waals surface area contributed by atoms with Crippen LogP contribution in [-0.2, 0) is 27.8 Å². The molecule has 6 nitrogen and oxygen atoms in total. The van der Waals surface area contributed by atoms with E-state index in [0.29, 0.717) is 32.5 Å². The number of sulfonamides is 1. The molecule has 0 saturated carbocycles. The molecule has 0 atom stereocenters. The van der Waals surface area contributed by atoms with E-state index in [2.05, 4.69) is 0 Å². The van der Waals surface area contributed by atoms with E-state index < -0.39 is 10.0 Å². The lowest BCUT2D eigenvalue weighted by atomic mass is 10.0. The van der Waals surface area contributed by atoms with E-state index >= 15 is 0 Å². The van der Waals surface area contributed by atoms with Crippen molar-refractivity contribution >= 4 is 27.5 Å². The first-order chi connectivity index (χ1) is 14.8. The number of piperidine rings is 1. The van der Waals surface area contributed by atoms with E-state index in [1.54, 1.807) is 34.3 Å². The highest BCUT2D eigenvalue weighted by Crippen LogP contribution is 2.32. The molecule has 0 aliphatic carbocycles. The van der Waals surface area contributed by atoms with Crippen LogP contribution in [0.25, 0.3) is 0 Å². The van der Waals surface area contributed by atoms with Crippen LogP contribution in [0.4, 0.5) is 0 Å². The van der Waals surface area contributed by atoms with Crippen molar-refractivity contribution in [2.24, 2.45) is 0 Å². The third-order valence-electron chi connectivity index (χ3n) is 6.08. The zero-order valence-corrected chi connectivity index (χ0v) is 19.4. The van der Waals surface area contributed by atoms with Crippen LogP contribution in [0.3, 0.4) is 0 Å². The van der Waals surface area contributed by atoms with E-state index in [4.69, 9.17) is 16.3 Å². The Hall–Kier alpha value is -2.09. The van der Waals surface area contributed by atoms with Crippen LogP contribution in [0.2, 0.25) is 5.02 Å². The minimum absolute atomic E-state index is 0.0214. The summed E-state index contributed by atoms with van der Waals surface area (Å²) in [4.78, 5) is 13.6. The summed E-state index contributed by atoms with van der Waals surface area (Å²) in [5.41, 5.74) is 2.93. The van der Waals surface area contributed by atoms with Gasteiger partial charge in [0.15, 0.2) is 0 Å². The number of hydrogen-bond donors (Lipinski definition) is 0. The van der Waals surface area contributed by atoms with Crippen LogP contribution in [0.15, 0.2) is 41.3 Å². The second-order valence-electron chi connectivity index (χ2n) is 8.26. The van der Waals surface area contributed by atoms with E-state index in [1.165, 1.54) is 0 Å². The number of ether oxygens (including phenoxy) is 1. The van der Waals surface area contributed by atoms with Crippen molar-refractivity contribution in [3.05, 3.63) is 58.1 Å². The first-order valence-corrected chi connectivity index (χ1v) is 12.4. The molecule has 0 bridgehead atoms. The van der Waals surface area contributed by atoms with E-state index in [0.717, 1.165) is 28.9 Å². The maximum atomic E-state index is 13.8. The molecular formula is C23H27ClN2O4S. The number of nitrogens with zero attached hydrogens (tertiary/aromatic N) is 2. The van der Waals surface area contributed by atoms with Crippen LogP contribution in [-0.4, -0.2) is 49.3 Å². The van der Waals surface area contributed by atoms with Gasteiger partial charge in [-0.05, 0) is 54.7 Å². The minimum Gasteiger partial charge on any atom is -0.493 e. The molecule has 0 radical (unpaired) electrons. The molecule has 166 valence electrons. The van der Waals surface area contributed by atoms with Crippen molar-refractivity contribution in [1.29, 1.82) is 0 Å². The van der Waals surface area contributed by atoms with Gasteiger partial charge in [0.05, 0.1) is 11.6 Å². The largest absolute Gasteiger partial charge is 0.493 e. The van der Waals surface area contributed by atoms with Crippen molar-refractivity contribution in [2.45, 2.75) is 50.6 Å². The first kappa shape index (κ1) is 22.1. The molecule has 31 heavy (non-hydrogen) atoms. The van der Waals surface area contributed by atoms with E-state index in [9.17, 15) is 13.2 Å². The molecule has 8 heteroatoms. The molecule has 1 saturated heterocycles. The standard InChI is InChI=1S/C23H27ClN2O4S/c1-16-3-6-23(21(24)13-16)31(28,29)26(20-7-10-25(11-8-20)17(2)27)15-18-4-5-22-19(14-18)9-12-30-22/h3-6,13-14,20H,7-12,15H2,1-2H3. The Morgan fingerprint density at radius 1 is 1.19 bits per heavy atom. The zero-order valence-electron chi connectivity index (χ0n) is 17.8. The van der Waals surface area contributed by atoms with Crippen LogP contribution < -0.4 is 4.74 Å². The lowest BCUT2D eigenvalue weighted by Gasteiger charge is -2.37. The Morgan fingerprint density at radius 2 is 1.94 bits per heavy atom. The Morgan fingerprint density at radius 3 is 2.61 bits per heavy atom. The van der Waals surface area contributed by atoms with Gasteiger partial charge in [-0.2, -0.15) is 4.31 Å².